The minimum atomic E-state index is -4.37. The third kappa shape index (κ3) is 3.59. The smallest absolute Gasteiger partial charge is 0.399 e. The molecule has 0 saturated carbocycles. The van der Waals surface area contributed by atoms with Crippen molar-refractivity contribution in [1.29, 1.82) is 0 Å². The molecule has 0 aliphatic carbocycles. The van der Waals surface area contributed by atoms with Crippen LogP contribution in [-0.2, 0) is 19.1 Å². The van der Waals surface area contributed by atoms with E-state index in [0.717, 1.165) is 11.6 Å². The Morgan fingerprint density at radius 1 is 1.00 bits per heavy atom. The minimum absolute atomic E-state index is 0.123. The van der Waals surface area contributed by atoms with E-state index in [0.29, 0.717) is 18.1 Å². The Morgan fingerprint density at radius 3 is 2.42 bits per heavy atom. The standard InChI is InChI=1S/C18H16F3N3/c19-18(20,21)16-4-2-1-3-14(16)11-17-23-9-10-24(17)12-13-5-7-15(22)8-6-13/h1-10H,11-12,22H2. The molecule has 2 N–H and O–H groups in total. The minimum Gasteiger partial charge on any atom is -0.399 e. The molecule has 0 fully saturated rings. The van der Waals surface area contributed by atoms with Gasteiger partial charge in [-0.1, -0.05) is 30.3 Å². The maximum atomic E-state index is 13.1. The highest BCUT2D eigenvalue weighted by atomic mass is 19.4. The van der Waals surface area contributed by atoms with Crippen LogP contribution in [0, 0.1) is 0 Å². The topological polar surface area (TPSA) is 43.8 Å². The van der Waals surface area contributed by atoms with E-state index in [9.17, 15) is 13.2 Å². The maximum Gasteiger partial charge on any atom is 0.416 e. The Hall–Kier alpha value is -2.76. The largest absolute Gasteiger partial charge is 0.416 e. The molecular weight excluding hydrogens is 315 g/mol. The molecule has 0 aliphatic rings. The lowest BCUT2D eigenvalue weighted by atomic mass is 10.0. The summed E-state index contributed by atoms with van der Waals surface area (Å²) in [4.78, 5) is 4.22. The van der Waals surface area contributed by atoms with Gasteiger partial charge in [-0.05, 0) is 29.3 Å². The molecular formula is C18H16F3N3. The summed E-state index contributed by atoms with van der Waals surface area (Å²) >= 11 is 0. The van der Waals surface area contributed by atoms with Gasteiger partial charge in [0, 0.05) is 31.0 Å². The van der Waals surface area contributed by atoms with E-state index in [4.69, 9.17) is 5.73 Å². The highest BCUT2D eigenvalue weighted by Gasteiger charge is 2.33. The van der Waals surface area contributed by atoms with E-state index in [1.54, 1.807) is 30.6 Å². The molecule has 0 saturated heterocycles. The van der Waals surface area contributed by atoms with Crippen LogP contribution in [0.15, 0.2) is 60.9 Å². The predicted molar refractivity (Wildman–Crippen MR) is 86.4 cm³/mol. The zero-order valence-electron chi connectivity index (χ0n) is 12.8. The molecule has 0 amide bonds. The lowest BCUT2D eigenvalue weighted by molar-refractivity contribution is -0.138. The van der Waals surface area contributed by atoms with Crippen LogP contribution in [0.2, 0.25) is 0 Å². The van der Waals surface area contributed by atoms with Crippen molar-refractivity contribution in [3.8, 4) is 0 Å². The van der Waals surface area contributed by atoms with E-state index in [-0.39, 0.29) is 12.0 Å². The normalized spacial score (nSPS) is 11.6. The third-order valence-electron chi connectivity index (χ3n) is 3.81. The van der Waals surface area contributed by atoms with Crippen molar-refractivity contribution >= 4 is 5.69 Å². The Kier molecular flexibility index (Phi) is 4.29. The number of benzene rings is 2. The maximum absolute atomic E-state index is 13.1. The second kappa shape index (κ2) is 6.39. The van der Waals surface area contributed by atoms with E-state index >= 15 is 0 Å². The van der Waals surface area contributed by atoms with Gasteiger partial charge in [0.05, 0.1) is 5.56 Å². The van der Waals surface area contributed by atoms with Gasteiger partial charge in [0.1, 0.15) is 5.82 Å². The summed E-state index contributed by atoms with van der Waals surface area (Å²) in [5.41, 5.74) is 6.94. The number of nitrogen functional groups attached to an aromatic ring is 1. The lowest BCUT2D eigenvalue weighted by Crippen LogP contribution is -2.11. The first-order chi connectivity index (χ1) is 11.4. The summed E-state index contributed by atoms with van der Waals surface area (Å²) in [5.74, 6) is 0.587. The number of halogens is 3. The van der Waals surface area contributed by atoms with Crippen LogP contribution >= 0.6 is 0 Å². The van der Waals surface area contributed by atoms with E-state index in [2.05, 4.69) is 4.98 Å². The first kappa shape index (κ1) is 16.1. The third-order valence-corrected chi connectivity index (χ3v) is 3.81. The molecule has 0 atom stereocenters. The summed E-state index contributed by atoms with van der Waals surface area (Å²) in [6.45, 7) is 0.532. The van der Waals surface area contributed by atoms with Crippen LogP contribution in [0.3, 0.4) is 0 Å². The van der Waals surface area contributed by atoms with Gasteiger partial charge >= 0.3 is 6.18 Å². The summed E-state index contributed by atoms with van der Waals surface area (Å²) in [6, 6.07) is 13.0. The second-order valence-corrected chi connectivity index (χ2v) is 5.54. The van der Waals surface area contributed by atoms with Crippen molar-refractivity contribution in [3.63, 3.8) is 0 Å². The number of hydrogen-bond donors (Lipinski definition) is 1. The molecule has 1 heterocycles. The fourth-order valence-electron chi connectivity index (χ4n) is 2.59. The van der Waals surface area contributed by atoms with Crippen molar-refractivity contribution in [3.05, 3.63) is 83.4 Å². The Morgan fingerprint density at radius 2 is 1.71 bits per heavy atom. The van der Waals surface area contributed by atoms with Crippen LogP contribution in [0.4, 0.5) is 18.9 Å². The average molecular weight is 331 g/mol. The molecule has 0 aliphatic heterocycles. The van der Waals surface area contributed by atoms with Crippen LogP contribution in [-0.4, -0.2) is 9.55 Å². The quantitative estimate of drug-likeness (QED) is 0.731. The van der Waals surface area contributed by atoms with Gasteiger partial charge in [0.25, 0.3) is 0 Å². The van der Waals surface area contributed by atoms with E-state index < -0.39 is 11.7 Å². The van der Waals surface area contributed by atoms with Crippen LogP contribution in [0.1, 0.15) is 22.5 Å². The molecule has 0 radical (unpaired) electrons. The molecule has 0 unspecified atom stereocenters. The lowest BCUT2D eigenvalue weighted by Gasteiger charge is -2.13. The first-order valence-corrected chi connectivity index (χ1v) is 7.43. The number of aromatic nitrogens is 2. The van der Waals surface area contributed by atoms with Gasteiger partial charge in [-0.3, -0.25) is 0 Å². The number of rotatable bonds is 4. The second-order valence-electron chi connectivity index (χ2n) is 5.54. The number of nitrogens with two attached hydrogens (primary N) is 1. The van der Waals surface area contributed by atoms with Crippen LogP contribution in [0.5, 0.6) is 0 Å². The van der Waals surface area contributed by atoms with Crippen molar-refractivity contribution in [1.82, 2.24) is 9.55 Å². The molecule has 0 bridgehead atoms. The Balaban J connectivity index is 1.85. The number of imidazole rings is 1. The summed E-state index contributed by atoms with van der Waals surface area (Å²) in [5, 5.41) is 0. The molecule has 2 aromatic carbocycles. The van der Waals surface area contributed by atoms with E-state index in [1.165, 1.54) is 12.1 Å². The number of anilines is 1. The molecule has 3 nitrogen and oxygen atoms in total. The zero-order chi connectivity index (χ0) is 17.2. The summed E-state index contributed by atoms with van der Waals surface area (Å²) in [7, 11) is 0. The van der Waals surface area contributed by atoms with Crippen molar-refractivity contribution in [2.75, 3.05) is 5.73 Å². The molecule has 3 rings (SSSR count). The number of hydrogen-bond acceptors (Lipinski definition) is 2. The number of nitrogens with zero attached hydrogens (tertiary/aromatic N) is 2. The first-order valence-electron chi connectivity index (χ1n) is 7.43. The molecule has 1 aromatic heterocycles. The molecule has 124 valence electrons. The highest BCUT2D eigenvalue weighted by molar-refractivity contribution is 5.39. The molecule has 0 spiro atoms. The van der Waals surface area contributed by atoms with Gasteiger partial charge in [-0.2, -0.15) is 13.2 Å². The van der Waals surface area contributed by atoms with Gasteiger partial charge in [-0.15, -0.1) is 0 Å². The van der Waals surface area contributed by atoms with Crippen molar-refractivity contribution < 1.29 is 13.2 Å². The fraction of sp³-hybridized carbons (Fsp3) is 0.167. The zero-order valence-corrected chi connectivity index (χ0v) is 12.8. The van der Waals surface area contributed by atoms with Gasteiger partial charge < -0.3 is 10.3 Å². The molecule has 24 heavy (non-hydrogen) atoms. The van der Waals surface area contributed by atoms with Gasteiger partial charge in [0.15, 0.2) is 0 Å². The Labute approximate surface area is 137 Å². The van der Waals surface area contributed by atoms with Crippen LogP contribution in [0.25, 0.3) is 0 Å². The monoisotopic (exact) mass is 331 g/mol. The van der Waals surface area contributed by atoms with Crippen molar-refractivity contribution in [2.45, 2.75) is 19.1 Å². The Bertz CT molecular complexity index is 820. The van der Waals surface area contributed by atoms with Gasteiger partial charge in [0.2, 0.25) is 0 Å². The van der Waals surface area contributed by atoms with Crippen molar-refractivity contribution in [2.24, 2.45) is 0 Å². The summed E-state index contributed by atoms with van der Waals surface area (Å²) < 4.78 is 41.2. The summed E-state index contributed by atoms with van der Waals surface area (Å²) in [6.07, 6.45) is -0.882. The average Bonchev–Trinajstić information content (AvgIpc) is 2.96. The van der Waals surface area contributed by atoms with Crippen LogP contribution < -0.4 is 5.73 Å². The molecule has 6 heteroatoms. The van der Waals surface area contributed by atoms with Gasteiger partial charge in [-0.25, -0.2) is 4.98 Å². The molecule has 3 aromatic rings. The fourth-order valence-corrected chi connectivity index (χ4v) is 2.59. The van der Waals surface area contributed by atoms with E-state index in [1.807, 2.05) is 16.7 Å². The predicted octanol–water partition coefficient (Wildman–Crippen LogP) is 4.12. The highest BCUT2D eigenvalue weighted by Crippen LogP contribution is 2.32. The number of alkyl halides is 3. The SMILES string of the molecule is Nc1ccc(Cn2ccnc2Cc2ccccc2C(F)(F)F)cc1.